The van der Waals surface area contributed by atoms with Crippen LogP contribution < -0.4 is 5.32 Å². The first-order valence-electron chi connectivity index (χ1n) is 6.53. The largest absolute Gasteiger partial charge is 0.468 e. The third-order valence-electron chi connectivity index (χ3n) is 3.18. The van der Waals surface area contributed by atoms with Crippen LogP contribution in [-0.2, 0) is 22.6 Å². The number of aromatic nitrogens is 3. The summed E-state index contributed by atoms with van der Waals surface area (Å²) in [6.07, 6.45) is 1.75. The van der Waals surface area contributed by atoms with E-state index in [0.29, 0.717) is 13.1 Å². The van der Waals surface area contributed by atoms with Gasteiger partial charge in [0.05, 0.1) is 13.7 Å². The van der Waals surface area contributed by atoms with E-state index in [1.807, 2.05) is 18.4 Å². The van der Waals surface area contributed by atoms with Gasteiger partial charge in [0, 0.05) is 25.7 Å². The van der Waals surface area contributed by atoms with Gasteiger partial charge in [-0.1, -0.05) is 13.8 Å². The Morgan fingerprint density at radius 2 is 2.32 bits per heavy atom. The molecule has 7 nitrogen and oxygen atoms in total. The third-order valence-corrected chi connectivity index (χ3v) is 3.18. The van der Waals surface area contributed by atoms with Crippen molar-refractivity contribution in [3.05, 3.63) is 12.2 Å². The Bertz CT molecular complexity index is 432. The number of esters is 1. The van der Waals surface area contributed by atoms with Crippen LogP contribution in [0.5, 0.6) is 0 Å². The predicted octanol–water partition coefficient (Wildman–Crippen LogP) is -0.367. The molecule has 0 saturated carbocycles. The highest BCUT2D eigenvalue weighted by molar-refractivity contribution is 5.76. The zero-order valence-corrected chi connectivity index (χ0v) is 11.7. The molecule has 0 aliphatic carbocycles. The number of carbonyl (C=O) groups is 1. The van der Waals surface area contributed by atoms with Crippen molar-refractivity contribution in [1.82, 2.24) is 25.0 Å². The Labute approximate surface area is 112 Å². The number of fused-ring (bicyclic) bond motifs is 1. The third kappa shape index (κ3) is 3.51. The number of nitrogens with zero attached hydrogens (tertiary/aromatic N) is 4. The molecule has 0 amide bonds. The van der Waals surface area contributed by atoms with Crippen molar-refractivity contribution in [3.63, 3.8) is 0 Å². The number of hydrogen-bond donors (Lipinski definition) is 1. The van der Waals surface area contributed by atoms with Crippen LogP contribution in [0.25, 0.3) is 0 Å². The lowest BCUT2D eigenvalue weighted by molar-refractivity contribution is -0.144. The van der Waals surface area contributed by atoms with E-state index >= 15 is 0 Å². The van der Waals surface area contributed by atoms with E-state index in [-0.39, 0.29) is 18.1 Å². The van der Waals surface area contributed by atoms with Crippen molar-refractivity contribution in [3.8, 4) is 0 Å². The summed E-state index contributed by atoms with van der Waals surface area (Å²) in [6, 6.07) is -0.0722. The highest BCUT2D eigenvalue weighted by Gasteiger charge is 2.25. The van der Waals surface area contributed by atoms with Gasteiger partial charge in [-0.3, -0.25) is 9.69 Å². The monoisotopic (exact) mass is 267 g/mol. The Morgan fingerprint density at radius 3 is 3.00 bits per heavy atom. The summed E-state index contributed by atoms with van der Waals surface area (Å²) in [4.78, 5) is 14.0. The van der Waals surface area contributed by atoms with E-state index in [1.54, 1.807) is 6.33 Å². The zero-order chi connectivity index (χ0) is 13.8. The van der Waals surface area contributed by atoms with Gasteiger partial charge in [-0.05, 0) is 0 Å². The summed E-state index contributed by atoms with van der Waals surface area (Å²) in [5.41, 5.74) is 0. The van der Waals surface area contributed by atoms with Crippen LogP contribution in [0.1, 0.15) is 19.7 Å². The quantitative estimate of drug-likeness (QED) is 0.734. The zero-order valence-electron chi connectivity index (χ0n) is 11.7. The summed E-state index contributed by atoms with van der Waals surface area (Å²) in [7, 11) is 1.42. The lowest BCUT2D eigenvalue weighted by Gasteiger charge is -2.30. The second-order valence-electron chi connectivity index (χ2n) is 5.07. The van der Waals surface area contributed by atoms with Gasteiger partial charge in [-0.25, -0.2) is 0 Å². The van der Waals surface area contributed by atoms with Crippen molar-refractivity contribution in [2.75, 3.05) is 20.2 Å². The lowest BCUT2D eigenvalue weighted by atomic mass is 10.2. The minimum absolute atomic E-state index is 0.222. The SMILES string of the molecule is COC(=O)C(CN1CCn2cnnc2C1)NC(C)C. The molecule has 1 aliphatic heterocycles. The molecule has 0 spiro atoms. The topological polar surface area (TPSA) is 72.3 Å². The molecule has 0 fully saturated rings. The maximum absolute atomic E-state index is 11.8. The minimum atomic E-state index is -0.306. The molecule has 1 N–H and O–H groups in total. The molecule has 106 valence electrons. The van der Waals surface area contributed by atoms with Gasteiger partial charge in [0.1, 0.15) is 18.2 Å². The van der Waals surface area contributed by atoms with Crippen molar-refractivity contribution in [2.24, 2.45) is 0 Å². The minimum Gasteiger partial charge on any atom is -0.468 e. The molecule has 2 heterocycles. The first kappa shape index (κ1) is 14.0. The Kier molecular flexibility index (Phi) is 4.49. The van der Waals surface area contributed by atoms with Gasteiger partial charge in [0.15, 0.2) is 0 Å². The molecular formula is C12H21N5O2. The molecule has 0 aromatic carbocycles. The fourth-order valence-corrected chi connectivity index (χ4v) is 2.27. The van der Waals surface area contributed by atoms with Gasteiger partial charge in [-0.2, -0.15) is 0 Å². The van der Waals surface area contributed by atoms with Crippen LogP contribution in [-0.4, -0.2) is 57.9 Å². The number of nitrogens with one attached hydrogen (secondary N) is 1. The van der Waals surface area contributed by atoms with Crippen LogP contribution in [0.15, 0.2) is 6.33 Å². The van der Waals surface area contributed by atoms with Crippen LogP contribution in [0.2, 0.25) is 0 Å². The average Bonchev–Trinajstić information content (AvgIpc) is 2.84. The van der Waals surface area contributed by atoms with Crippen molar-refractivity contribution in [1.29, 1.82) is 0 Å². The summed E-state index contributed by atoms with van der Waals surface area (Å²) in [5, 5.41) is 11.2. The van der Waals surface area contributed by atoms with E-state index in [0.717, 1.165) is 18.9 Å². The van der Waals surface area contributed by atoms with E-state index in [9.17, 15) is 4.79 Å². The average molecular weight is 267 g/mol. The molecule has 1 atom stereocenters. The molecule has 0 radical (unpaired) electrons. The summed E-state index contributed by atoms with van der Waals surface area (Å²) in [6.45, 7) is 7.12. The van der Waals surface area contributed by atoms with Crippen molar-refractivity contribution < 1.29 is 9.53 Å². The van der Waals surface area contributed by atoms with Gasteiger partial charge < -0.3 is 14.6 Å². The van der Waals surface area contributed by atoms with E-state index in [4.69, 9.17) is 4.74 Å². The normalized spacial score (nSPS) is 17.3. The fourth-order valence-electron chi connectivity index (χ4n) is 2.27. The Morgan fingerprint density at radius 1 is 1.53 bits per heavy atom. The maximum Gasteiger partial charge on any atom is 0.324 e. The van der Waals surface area contributed by atoms with Gasteiger partial charge in [0.2, 0.25) is 0 Å². The van der Waals surface area contributed by atoms with Gasteiger partial charge in [0.25, 0.3) is 0 Å². The molecule has 0 saturated heterocycles. The highest BCUT2D eigenvalue weighted by Crippen LogP contribution is 2.10. The molecule has 1 aromatic heterocycles. The first-order valence-corrected chi connectivity index (χ1v) is 6.53. The maximum atomic E-state index is 11.8. The number of carbonyl (C=O) groups excluding carboxylic acids is 1. The lowest BCUT2D eigenvalue weighted by Crippen LogP contribution is -2.50. The molecular weight excluding hydrogens is 246 g/mol. The Hall–Kier alpha value is -1.47. The second-order valence-corrected chi connectivity index (χ2v) is 5.07. The fraction of sp³-hybridized carbons (Fsp3) is 0.750. The van der Waals surface area contributed by atoms with Crippen molar-refractivity contribution >= 4 is 5.97 Å². The highest BCUT2D eigenvalue weighted by atomic mass is 16.5. The first-order chi connectivity index (χ1) is 9.10. The number of methoxy groups -OCH3 is 1. The van der Waals surface area contributed by atoms with Crippen LogP contribution in [0.4, 0.5) is 0 Å². The van der Waals surface area contributed by atoms with Crippen LogP contribution >= 0.6 is 0 Å². The molecule has 1 aliphatic rings. The Balaban J connectivity index is 1.96. The van der Waals surface area contributed by atoms with Crippen LogP contribution in [0, 0.1) is 0 Å². The molecule has 7 heteroatoms. The molecule has 0 bridgehead atoms. The van der Waals surface area contributed by atoms with E-state index < -0.39 is 0 Å². The van der Waals surface area contributed by atoms with Gasteiger partial charge >= 0.3 is 5.97 Å². The standard InChI is InChI=1S/C12H21N5O2/c1-9(2)14-10(12(18)19-3)6-16-4-5-17-8-13-15-11(17)7-16/h8-10,14H,4-7H2,1-3H3. The molecule has 1 aromatic rings. The van der Waals surface area contributed by atoms with E-state index in [1.165, 1.54) is 7.11 Å². The van der Waals surface area contributed by atoms with Crippen molar-refractivity contribution in [2.45, 2.75) is 39.0 Å². The predicted molar refractivity (Wildman–Crippen MR) is 69.4 cm³/mol. The summed E-state index contributed by atoms with van der Waals surface area (Å²) >= 11 is 0. The number of hydrogen-bond acceptors (Lipinski definition) is 6. The summed E-state index contributed by atoms with van der Waals surface area (Å²) < 4.78 is 6.89. The molecule has 1 unspecified atom stereocenters. The van der Waals surface area contributed by atoms with Gasteiger partial charge in [-0.15, -0.1) is 10.2 Å². The number of ether oxygens (including phenoxy) is 1. The van der Waals surface area contributed by atoms with E-state index in [2.05, 4.69) is 20.4 Å². The second kappa shape index (κ2) is 6.12. The number of rotatable bonds is 5. The molecule has 2 rings (SSSR count). The smallest absolute Gasteiger partial charge is 0.324 e. The van der Waals surface area contributed by atoms with Crippen LogP contribution in [0.3, 0.4) is 0 Å². The summed E-state index contributed by atoms with van der Waals surface area (Å²) in [5.74, 6) is 0.722. The molecule has 19 heavy (non-hydrogen) atoms.